The summed E-state index contributed by atoms with van der Waals surface area (Å²) in [6, 6.07) is 7.24. The van der Waals surface area contributed by atoms with Crippen LogP contribution in [0, 0.1) is 0 Å². The third-order valence-corrected chi connectivity index (χ3v) is 2.85. The highest BCUT2D eigenvalue weighted by atomic mass is 16.5. The molecular formula is C14H21NO3. The minimum absolute atomic E-state index is 0.128. The van der Waals surface area contributed by atoms with Gasteiger partial charge in [0.1, 0.15) is 5.75 Å². The zero-order valence-corrected chi connectivity index (χ0v) is 10.9. The monoisotopic (exact) mass is 251 g/mol. The van der Waals surface area contributed by atoms with E-state index in [4.69, 9.17) is 15.6 Å². The number of carbonyl (C=O) groups is 1. The number of aliphatic carboxylic acids is 1. The summed E-state index contributed by atoms with van der Waals surface area (Å²) in [5, 5.41) is 9.10. The molecule has 0 aliphatic heterocycles. The average molecular weight is 251 g/mol. The highest BCUT2D eigenvalue weighted by molar-refractivity contribution is 5.72. The third kappa shape index (κ3) is 3.74. The second kappa shape index (κ2) is 7.01. The Balaban J connectivity index is 2.91. The molecule has 4 heteroatoms. The van der Waals surface area contributed by atoms with Gasteiger partial charge >= 0.3 is 5.97 Å². The van der Waals surface area contributed by atoms with Crippen molar-refractivity contribution < 1.29 is 14.6 Å². The van der Waals surface area contributed by atoms with Gasteiger partial charge in [0.25, 0.3) is 0 Å². The molecule has 3 N–H and O–H groups in total. The highest BCUT2D eigenvalue weighted by Crippen LogP contribution is 2.26. The predicted octanol–water partition coefficient (Wildman–Crippen LogP) is 2.73. The van der Waals surface area contributed by atoms with Gasteiger partial charge < -0.3 is 15.6 Å². The molecule has 0 radical (unpaired) electrons. The molecule has 4 nitrogen and oxygen atoms in total. The number of ether oxygens (including phenoxy) is 1. The number of benzene rings is 1. The first-order valence-electron chi connectivity index (χ1n) is 6.34. The third-order valence-electron chi connectivity index (χ3n) is 2.85. The minimum Gasteiger partial charge on any atom is -0.479 e. The number of para-hydroxylation sites is 1. The van der Waals surface area contributed by atoms with E-state index in [0.29, 0.717) is 12.2 Å². The SMILES string of the molecule is CCCC(Oc1ccccc1[C@H](N)CC)C(=O)O. The summed E-state index contributed by atoms with van der Waals surface area (Å²) in [5.74, 6) is -0.357. The number of carboxylic acid groups (broad SMARTS) is 1. The number of rotatable bonds is 7. The molecule has 100 valence electrons. The molecule has 0 bridgehead atoms. The Morgan fingerprint density at radius 2 is 2.06 bits per heavy atom. The first kappa shape index (κ1) is 14.5. The van der Waals surface area contributed by atoms with Crippen LogP contribution in [-0.4, -0.2) is 17.2 Å². The van der Waals surface area contributed by atoms with E-state index >= 15 is 0 Å². The van der Waals surface area contributed by atoms with Crippen LogP contribution < -0.4 is 10.5 Å². The van der Waals surface area contributed by atoms with Gasteiger partial charge in [0.05, 0.1) is 0 Å². The number of carboxylic acids is 1. The molecule has 1 unspecified atom stereocenters. The van der Waals surface area contributed by atoms with Crippen LogP contribution in [0.25, 0.3) is 0 Å². The Hall–Kier alpha value is -1.55. The molecule has 0 aromatic heterocycles. The van der Waals surface area contributed by atoms with Gasteiger partial charge in [0.15, 0.2) is 6.10 Å². The fourth-order valence-electron chi connectivity index (χ4n) is 1.76. The lowest BCUT2D eigenvalue weighted by atomic mass is 10.0. The van der Waals surface area contributed by atoms with Crippen LogP contribution in [0.15, 0.2) is 24.3 Å². The largest absolute Gasteiger partial charge is 0.479 e. The van der Waals surface area contributed by atoms with Gasteiger partial charge in [-0.1, -0.05) is 38.5 Å². The van der Waals surface area contributed by atoms with Crippen LogP contribution in [0.4, 0.5) is 0 Å². The molecular weight excluding hydrogens is 230 g/mol. The Bertz CT molecular complexity index is 392. The van der Waals surface area contributed by atoms with Crippen molar-refractivity contribution in [3.8, 4) is 5.75 Å². The fourth-order valence-corrected chi connectivity index (χ4v) is 1.76. The summed E-state index contributed by atoms with van der Waals surface area (Å²) in [7, 11) is 0. The zero-order chi connectivity index (χ0) is 13.5. The molecule has 18 heavy (non-hydrogen) atoms. The molecule has 0 amide bonds. The van der Waals surface area contributed by atoms with Gasteiger partial charge in [-0.05, 0) is 18.9 Å². The fraction of sp³-hybridized carbons (Fsp3) is 0.500. The molecule has 0 aliphatic carbocycles. The zero-order valence-electron chi connectivity index (χ0n) is 10.9. The van der Waals surface area contributed by atoms with Crippen LogP contribution >= 0.6 is 0 Å². The maximum Gasteiger partial charge on any atom is 0.344 e. The molecule has 1 aromatic rings. The van der Waals surface area contributed by atoms with Gasteiger partial charge in [0.2, 0.25) is 0 Å². The second-order valence-electron chi connectivity index (χ2n) is 4.29. The molecule has 2 atom stereocenters. The van der Waals surface area contributed by atoms with Crippen molar-refractivity contribution >= 4 is 5.97 Å². The van der Waals surface area contributed by atoms with Crippen LogP contribution in [0.1, 0.15) is 44.7 Å². The topological polar surface area (TPSA) is 72.5 Å². The smallest absolute Gasteiger partial charge is 0.344 e. The summed E-state index contributed by atoms with van der Waals surface area (Å²) in [6.07, 6.45) is 1.23. The van der Waals surface area contributed by atoms with Crippen molar-refractivity contribution in [2.45, 2.75) is 45.3 Å². The molecule has 0 spiro atoms. The van der Waals surface area contributed by atoms with E-state index in [9.17, 15) is 4.79 Å². The molecule has 1 aromatic carbocycles. The molecule has 1 rings (SSSR count). The lowest BCUT2D eigenvalue weighted by molar-refractivity contribution is -0.145. The first-order valence-corrected chi connectivity index (χ1v) is 6.34. The summed E-state index contributed by atoms with van der Waals surface area (Å²) in [4.78, 5) is 11.1. The van der Waals surface area contributed by atoms with Crippen LogP contribution in [0.3, 0.4) is 0 Å². The Morgan fingerprint density at radius 3 is 2.61 bits per heavy atom. The van der Waals surface area contributed by atoms with Gasteiger partial charge in [-0.25, -0.2) is 4.79 Å². The van der Waals surface area contributed by atoms with E-state index < -0.39 is 12.1 Å². The average Bonchev–Trinajstić information content (AvgIpc) is 2.37. The Morgan fingerprint density at radius 1 is 1.39 bits per heavy atom. The van der Waals surface area contributed by atoms with E-state index in [1.54, 1.807) is 6.07 Å². The standard InChI is InChI=1S/C14H21NO3/c1-3-7-13(14(16)17)18-12-9-6-5-8-10(12)11(15)4-2/h5-6,8-9,11,13H,3-4,7,15H2,1-2H3,(H,16,17)/t11-,13?/m1/s1. The van der Waals surface area contributed by atoms with Crippen LogP contribution in [0.5, 0.6) is 5.75 Å². The predicted molar refractivity (Wildman–Crippen MR) is 70.6 cm³/mol. The van der Waals surface area contributed by atoms with E-state index in [1.165, 1.54) is 0 Å². The summed E-state index contributed by atoms with van der Waals surface area (Å²) in [5.41, 5.74) is 6.86. The van der Waals surface area contributed by atoms with Crippen molar-refractivity contribution in [3.05, 3.63) is 29.8 Å². The van der Waals surface area contributed by atoms with Gasteiger partial charge in [-0.2, -0.15) is 0 Å². The highest BCUT2D eigenvalue weighted by Gasteiger charge is 2.20. The van der Waals surface area contributed by atoms with Crippen molar-refractivity contribution in [1.82, 2.24) is 0 Å². The van der Waals surface area contributed by atoms with Gasteiger partial charge in [0, 0.05) is 11.6 Å². The van der Waals surface area contributed by atoms with Crippen molar-refractivity contribution in [1.29, 1.82) is 0 Å². The van der Waals surface area contributed by atoms with E-state index in [2.05, 4.69) is 0 Å². The lowest BCUT2D eigenvalue weighted by Crippen LogP contribution is -2.27. The van der Waals surface area contributed by atoms with Gasteiger partial charge in [-0.3, -0.25) is 0 Å². The Labute approximate surface area is 108 Å². The van der Waals surface area contributed by atoms with Crippen LogP contribution in [0.2, 0.25) is 0 Å². The number of hydrogen-bond acceptors (Lipinski definition) is 3. The molecule has 0 saturated heterocycles. The minimum atomic E-state index is -0.934. The number of hydrogen-bond donors (Lipinski definition) is 2. The normalized spacial score (nSPS) is 13.9. The Kier molecular flexibility index (Phi) is 5.65. The lowest BCUT2D eigenvalue weighted by Gasteiger charge is -2.19. The molecule has 0 saturated carbocycles. The summed E-state index contributed by atoms with van der Waals surface area (Å²) in [6.45, 7) is 3.92. The second-order valence-corrected chi connectivity index (χ2v) is 4.29. The molecule has 0 heterocycles. The van der Waals surface area contributed by atoms with E-state index in [0.717, 1.165) is 18.4 Å². The van der Waals surface area contributed by atoms with Crippen molar-refractivity contribution in [3.63, 3.8) is 0 Å². The van der Waals surface area contributed by atoms with Gasteiger partial charge in [-0.15, -0.1) is 0 Å². The van der Waals surface area contributed by atoms with E-state index in [1.807, 2.05) is 32.0 Å². The quantitative estimate of drug-likeness (QED) is 0.781. The maximum absolute atomic E-state index is 11.1. The number of nitrogens with two attached hydrogens (primary N) is 1. The molecule has 0 fully saturated rings. The first-order chi connectivity index (χ1) is 8.60. The summed E-state index contributed by atoms with van der Waals surface area (Å²) < 4.78 is 5.59. The van der Waals surface area contributed by atoms with E-state index in [-0.39, 0.29) is 6.04 Å². The van der Waals surface area contributed by atoms with Crippen molar-refractivity contribution in [2.24, 2.45) is 5.73 Å². The van der Waals surface area contributed by atoms with Crippen LogP contribution in [-0.2, 0) is 4.79 Å². The van der Waals surface area contributed by atoms with Crippen molar-refractivity contribution in [2.75, 3.05) is 0 Å². The molecule has 0 aliphatic rings. The maximum atomic E-state index is 11.1. The summed E-state index contributed by atoms with van der Waals surface area (Å²) >= 11 is 0.